The number of hydrogen-bond donors (Lipinski definition) is 2. The number of nitrogens with one attached hydrogen (secondary N) is 1. The second-order valence-electron chi connectivity index (χ2n) is 4.89. The van der Waals surface area contributed by atoms with Crippen LogP contribution in [0.25, 0.3) is 0 Å². The number of nitrogens with two attached hydrogens (primary N) is 1. The summed E-state index contributed by atoms with van der Waals surface area (Å²) in [5.41, 5.74) is 6.04. The van der Waals surface area contributed by atoms with E-state index >= 15 is 0 Å². The zero-order valence-electron chi connectivity index (χ0n) is 11.9. The van der Waals surface area contributed by atoms with Gasteiger partial charge in [-0.25, -0.2) is 8.78 Å². The first-order chi connectivity index (χ1) is 10.9. The van der Waals surface area contributed by atoms with Crippen molar-refractivity contribution in [3.05, 3.63) is 68.8 Å². The average Bonchev–Trinajstić information content (AvgIpc) is 2.51. The molecule has 120 valence electrons. The van der Waals surface area contributed by atoms with Crippen LogP contribution in [0, 0.1) is 15.2 Å². The van der Waals surface area contributed by atoms with Crippen LogP contribution in [0.4, 0.5) is 8.78 Å². The first-order valence-corrected chi connectivity index (χ1v) is 7.74. The SMILES string of the molecule is NC(=O)[C@@H](Cc1ccc(I)cc1)NC(=O)c1ccc(F)c(F)c1. The molecule has 0 aromatic heterocycles. The minimum Gasteiger partial charge on any atom is -0.368 e. The van der Waals surface area contributed by atoms with Gasteiger partial charge in [0.15, 0.2) is 11.6 Å². The molecule has 2 amide bonds. The lowest BCUT2D eigenvalue weighted by atomic mass is 10.0. The maximum atomic E-state index is 13.2. The van der Waals surface area contributed by atoms with Gasteiger partial charge in [0, 0.05) is 15.6 Å². The van der Waals surface area contributed by atoms with E-state index in [4.69, 9.17) is 5.73 Å². The van der Waals surface area contributed by atoms with E-state index < -0.39 is 29.5 Å². The van der Waals surface area contributed by atoms with Crippen molar-refractivity contribution in [2.75, 3.05) is 0 Å². The minimum absolute atomic E-state index is 0.0854. The zero-order valence-corrected chi connectivity index (χ0v) is 14.0. The molecule has 0 heterocycles. The van der Waals surface area contributed by atoms with Crippen LogP contribution < -0.4 is 11.1 Å². The molecule has 7 heteroatoms. The number of benzene rings is 2. The summed E-state index contributed by atoms with van der Waals surface area (Å²) in [7, 11) is 0. The number of hydrogen-bond acceptors (Lipinski definition) is 2. The van der Waals surface area contributed by atoms with Crippen LogP contribution in [-0.2, 0) is 11.2 Å². The van der Waals surface area contributed by atoms with Gasteiger partial charge in [-0.2, -0.15) is 0 Å². The molecule has 0 bridgehead atoms. The monoisotopic (exact) mass is 430 g/mol. The molecular weight excluding hydrogens is 417 g/mol. The Morgan fingerprint density at radius 1 is 1.09 bits per heavy atom. The fourth-order valence-corrected chi connectivity index (χ4v) is 2.32. The van der Waals surface area contributed by atoms with Gasteiger partial charge < -0.3 is 11.1 Å². The summed E-state index contributed by atoms with van der Waals surface area (Å²) in [6.07, 6.45) is 0.210. The molecule has 0 aliphatic carbocycles. The third kappa shape index (κ3) is 4.72. The largest absolute Gasteiger partial charge is 0.368 e. The van der Waals surface area contributed by atoms with E-state index in [9.17, 15) is 18.4 Å². The van der Waals surface area contributed by atoms with E-state index in [0.29, 0.717) is 0 Å². The van der Waals surface area contributed by atoms with Crippen LogP contribution in [-0.4, -0.2) is 17.9 Å². The Labute approximate surface area is 145 Å². The molecule has 23 heavy (non-hydrogen) atoms. The van der Waals surface area contributed by atoms with Gasteiger partial charge in [0.05, 0.1) is 0 Å². The molecule has 0 aliphatic heterocycles. The summed E-state index contributed by atoms with van der Waals surface area (Å²) in [4.78, 5) is 23.6. The third-order valence-electron chi connectivity index (χ3n) is 3.18. The number of amides is 2. The predicted octanol–water partition coefficient (Wildman–Crippen LogP) is 2.40. The van der Waals surface area contributed by atoms with E-state index in [1.54, 1.807) is 0 Å². The van der Waals surface area contributed by atoms with Crippen LogP contribution in [0.1, 0.15) is 15.9 Å². The van der Waals surface area contributed by atoms with Gasteiger partial charge in [-0.3, -0.25) is 9.59 Å². The van der Waals surface area contributed by atoms with Gasteiger partial charge in [0.2, 0.25) is 5.91 Å². The Hall–Kier alpha value is -2.03. The Balaban J connectivity index is 2.12. The highest BCUT2D eigenvalue weighted by molar-refractivity contribution is 14.1. The first-order valence-electron chi connectivity index (χ1n) is 6.66. The van der Waals surface area contributed by atoms with Crippen molar-refractivity contribution in [1.29, 1.82) is 0 Å². The molecule has 2 aromatic rings. The van der Waals surface area contributed by atoms with Gasteiger partial charge in [-0.05, 0) is 58.5 Å². The smallest absolute Gasteiger partial charge is 0.252 e. The lowest BCUT2D eigenvalue weighted by Gasteiger charge is -2.16. The second-order valence-corrected chi connectivity index (χ2v) is 6.13. The fourth-order valence-electron chi connectivity index (χ4n) is 1.96. The average molecular weight is 430 g/mol. The van der Waals surface area contributed by atoms with Crippen LogP contribution in [0.5, 0.6) is 0 Å². The minimum atomic E-state index is -1.13. The molecule has 0 fully saturated rings. The summed E-state index contributed by atoms with van der Waals surface area (Å²) in [5.74, 6) is -3.59. The van der Waals surface area contributed by atoms with Gasteiger partial charge in [0.25, 0.3) is 5.91 Å². The van der Waals surface area contributed by atoms with E-state index in [0.717, 1.165) is 27.3 Å². The standard InChI is InChI=1S/C16H13F2IN2O2/c17-12-6-3-10(8-13(12)18)16(23)21-14(15(20)22)7-9-1-4-11(19)5-2-9/h1-6,8,14H,7H2,(H2,20,22)(H,21,23)/t14-/m1/s1. The van der Waals surface area contributed by atoms with Crippen molar-refractivity contribution in [3.63, 3.8) is 0 Å². The Kier molecular flexibility index (Phi) is 5.64. The van der Waals surface area contributed by atoms with Crippen LogP contribution in [0.2, 0.25) is 0 Å². The highest BCUT2D eigenvalue weighted by Crippen LogP contribution is 2.11. The molecule has 1 atom stereocenters. The molecule has 0 unspecified atom stereocenters. The summed E-state index contributed by atoms with van der Waals surface area (Å²) < 4.78 is 27.1. The van der Waals surface area contributed by atoms with E-state index in [2.05, 4.69) is 27.9 Å². The predicted molar refractivity (Wildman–Crippen MR) is 89.7 cm³/mol. The van der Waals surface area contributed by atoms with E-state index in [1.807, 2.05) is 24.3 Å². The molecular formula is C16H13F2IN2O2. The van der Waals surface area contributed by atoms with Crippen molar-refractivity contribution in [2.45, 2.75) is 12.5 Å². The molecule has 4 nitrogen and oxygen atoms in total. The lowest BCUT2D eigenvalue weighted by molar-refractivity contribution is -0.119. The quantitative estimate of drug-likeness (QED) is 0.716. The van der Waals surface area contributed by atoms with Gasteiger partial charge in [-0.1, -0.05) is 12.1 Å². The van der Waals surface area contributed by atoms with E-state index in [-0.39, 0.29) is 12.0 Å². The molecule has 0 radical (unpaired) electrons. The lowest BCUT2D eigenvalue weighted by Crippen LogP contribution is -2.45. The second kappa shape index (κ2) is 7.49. The fraction of sp³-hybridized carbons (Fsp3) is 0.125. The Bertz CT molecular complexity index is 735. The van der Waals surface area contributed by atoms with Crippen LogP contribution in [0.3, 0.4) is 0 Å². The van der Waals surface area contributed by atoms with Crippen LogP contribution in [0.15, 0.2) is 42.5 Å². The van der Waals surface area contributed by atoms with E-state index in [1.165, 1.54) is 0 Å². The van der Waals surface area contributed by atoms with Gasteiger partial charge in [-0.15, -0.1) is 0 Å². The highest BCUT2D eigenvalue weighted by Gasteiger charge is 2.20. The van der Waals surface area contributed by atoms with Crippen molar-refractivity contribution >= 4 is 34.4 Å². The Morgan fingerprint density at radius 2 is 1.74 bits per heavy atom. The summed E-state index contributed by atoms with van der Waals surface area (Å²) in [6, 6.07) is 9.18. The van der Waals surface area contributed by atoms with Crippen molar-refractivity contribution in [2.24, 2.45) is 5.73 Å². The first kappa shape index (κ1) is 17.3. The number of primary amides is 1. The topological polar surface area (TPSA) is 72.2 Å². The Morgan fingerprint density at radius 3 is 2.30 bits per heavy atom. The summed E-state index contributed by atoms with van der Waals surface area (Å²) in [5, 5.41) is 2.44. The molecule has 3 N–H and O–H groups in total. The molecule has 2 aromatic carbocycles. The number of carbonyl (C=O) groups is 2. The number of carbonyl (C=O) groups excluding carboxylic acids is 2. The van der Waals surface area contributed by atoms with Crippen molar-refractivity contribution in [3.8, 4) is 0 Å². The maximum Gasteiger partial charge on any atom is 0.252 e. The highest BCUT2D eigenvalue weighted by atomic mass is 127. The number of rotatable bonds is 5. The van der Waals surface area contributed by atoms with Gasteiger partial charge >= 0.3 is 0 Å². The molecule has 0 aliphatic rings. The third-order valence-corrected chi connectivity index (χ3v) is 3.90. The maximum absolute atomic E-state index is 13.2. The van der Waals surface area contributed by atoms with Gasteiger partial charge in [0.1, 0.15) is 6.04 Å². The zero-order chi connectivity index (χ0) is 17.0. The molecule has 2 rings (SSSR count). The van der Waals surface area contributed by atoms with Crippen molar-refractivity contribution < 1.29 is 18.4 Å². The van der Waals surface area contributed by atoms with Crippen LogP contribution >= 0.6 is 22.6 Å². The molecule has 0 spiro atoms. The summed E-state index contributed by atoms with van der Waals surface area (Å²) >= 11 is 2.15. The van der Waals surface area contributed by atoms with Crippen molar-refractivity contribution in [1.82, 2.24) is 5.32 Å². The normalized spacial score (nSPS) is 11.8. The number of halogens is 3. The molecule has 0 saturated heterocycles. The molecule has 0 saturated carbocycles. The summed E-state index contributed by atoms with van der Waals surface area (Å²) in [6.45, 7) is 0.